The predicted octanol–water partition coefficient (Wildman–Crippen LogP) is 19.5. The number of carbonyl (C=O) groups excluding carboxylic acids is 4. The van der Waals surface area contributed by atoms with Crippen LogP contribution >= 0.6 is 50.5 Å². The summed E-state index contributed by atoms with van der Waals surface area (Å²) >= 11 is 15.4. The molecule has 4 N–H and O–H groups in total. The van der Waals surface area contributed by atoms with E-state index < -0.39 is 31.8 Å². The molecule has 0 aromatic rings. The summed E-state index contributed by atoms with van der Waals surface area (Å²) in [6, 6.07) is 0. The van der Waals surface area contributed by atoms with Crippen LogP contribution in [0.25, 0.3) is 0 Å². The van der Waals surface area contributed by atoms with Gasteiger partial charge in [-0.3, -0.25) is 19.2 Å². The molecule has 0 aromatic heterocycles. The monoisotopic (exact) mass is 1170 g/mol. The first-order valence-electron chi connectivity index (χ1n) is 32.3. The van der Waals surface area contributed by atoms with Gasteiger partial charge < -0.3 is 20.4 Å². The maximum atomic E-state index is 10.9. The Morgan fingerprint density at radius 1 is 0.260 bits per heavy atom. The van der Waals surface area contributed by atoms with E-state index >= 15 is 0 Å². The van der Waals surface area contributed by atoms with Crippen LogP contribution in [0.15, 0.2) is 0 Å². The number of thiol groups is 4. The molecule has 0 fully saturated rings. The fraction of sp³-hybridized carbons (Fsp3) is 0.938. The summed E-state index contributed by atoms with van der Waals surface area (Å²) < 4.78 is 0. The zero-order valence-electron chi connectivity index (χ0n) is 52.0. The predicted molar refractivity (Wildman–Crippen MR) is 349 cm³/mol. The number of aliphatic hydroxyl groups excluding tert-OH is 4. The third-order valence-electron chi connectivity index (χ3n) is 15.0. The molecule has 0 spiro atoms. The lowest BCUT2D eigenvalue weighted by atomic mass is 9.93. The zero-order chi connectivity index (χ0) is 59.1. The summed E-state index contributed by atoms with van der Waals surface area (Å²) in [5.74, 6) is 0.583. The molecule has 8 nitrogen and oxygen atoms in total. The molecule has 0 heterocycles. The Kier molecular flexibility index (Phi) is 78.1. The van der Waals surface area contributed by atoms with E-state index in [-0.39, 0.29) is 44.1 Å². The van der Waals surface area contributed by atoms with Crippen molar-refractivity contribution in [1.29, 1.82) is 0 Å². The van der Waals surface area contributed by atoms with E-state index in [0.29, 0.717) is 0 Å². The molecule has 77 heavy (non-hydrogen) atoms. The van der Waals surface area contributed by atoms with Crippen LogP contribution < -0.4 is 0 Å². The lowest BCUT2D eigenvalue weighted by Crippen LogP contribution is -2.37. The van der Waals surface area contributed by atoms with Gasteiger partial charge in [-0.1, -0.05) is 312 Å². The molecule has 0 rings (SSSR count). The van der Waals surface area contributed by atoms with E-state index in [1.165, 1.54) is 257 Å². The van der Waals surface area contributed by atoms with Crippen molar-refractivity contribution in [2.75, 3.05) is 26.4 Å². The Morgan fingerprint density at radius 2 is 0.377 bits per heavy atom. The van der Waals surface area contributed by atoms with Gasteiger partial charge in [0.1, 0.15) is 0 Å². The van der Waals surface area contributed by atoms with E-state index in [1.54, 1.807) is 0 Å². The molecule has 0 saturated carbocycles. The number of aliphatic hydroxyl groups is 4. The molecule has 0 aromatic carbocycles. The Balaban J connectivity index is -0.000000284. The number of unbranched alkanes of at least 4 members (excludes halogenated alkanes) is 36. The van der Waals surface area contributed by atoms with Gasteiger partial charge in [0, 0.05) is 23.7 Å². The Labute approximate surface area is 501 Å². The van der Waals surface area contributed by atoms with Gasteiger partial charge in [0.05, 0.1) is 31.8 Å². The number of carbonyl (C=O) groups is 4. The lowest BCUT2D eigenvalue weighted by Gasteiger charge is -2.23. The number of hydrogen-bond acceptors (Lipinski definition) is 8. The van der Waals surface area contributed by atoms with Gasteiger partial charge in [-0.15, -0.1) is 50.5 Å². The van der Waals surface area contributed by atoms with E-state index in [4.69, 9.17) is 20.4 Å². The van der Waals surface area contributed by atoms with Crippen LogP contribution in [-0.4, -0.2) is 67.3 Å². The Hall–Kier alpha value is -0.0800. The van der Waals surface area contributed by atoms with Crippen molar-refractivity contribution in [3.8, 4) is 0 Å². The minimum atomic E-state index is -1.11. The van der Waals surface area contributed by atoms with Gasteiger partial charge in [0.2, 0.25) is 0 Å². The summed E-state index contributed by atoms with van der Waals surface area (Å²) in [6.07, 6.45) is 58.2. The second-order valence-electron chi connectivity index (χ2n) is 23.0. The zero-order valence-corrected chi connectivity index (χ0v) is 55.5. The summed E-state index contributed by atoms with van der Waals surface area (Å²) in [4.78, 5) is 43.6. The van der Waals surface area contributed by atoms with Crippen molar-refractivity contribution in [3.05, 3.63) is 0 Å². The highest BCUT2D eigenvalue weighted by molar-refractivity contribution is 7.97. The topological polar surface area (TPSA) is 149 Å². The van der Waals surface area contributed by atoms with E-state index in [9.17, 15) is 19.2 Å². The fourth-order valence-electron chi connectivity index (χ4n) is 8.55. The molecule has 464 valence electrons. The minimum absolute atomic E-state index is 0.0425. The molecule has 12 heteroatoms. The van der Waals surface area contributed by atoms with Crippen molar-refractivity contribution in [2.24, 2.45) is 29.1 Å². The minimum Gasteiger partial charge on any atom is -0.396 e. The highest BCUT2D eigenvalue weighted by Gasteiger charge is 2.26. The molecule has 0 amide bonds. The molecule has 0 aliphatic rings. The first-order valence-corrected chi connectivity index (χ1v) is 34.1. The number of hydrogen-bond donors (Lipinski definition) is 8. The molecule has 4 atom stereocenters. The van der Waals surface area contributed by atoms with E-state index in [2.05, 4.69) is 78.2 Å². The van der Waals surface area contributed by atoms with Crippen LogP contribution in [0.2, 0.25) is 0 Å². The van der Waals surface area contributed by atoms with E-state index in [1.807, 2.05) is 27.7 Å². The van der Waals surface area contributed by atoms with Crippen LogP contribution in [0.1, 0.15) is 338 Å². The summed E-state index contributed by atoms with van der Waals surface area (Å²) in [6.45, 7) is 15.3. The van der Waals surface area contributed by atoms with Gasteiger partial charge in [0.15, 0.2) is 20.5 Å². The number of rotatable bonds is 52. The lowest BCUT2D eigenvalue weighted by molar-refractivity contribution is -0.114. The molecule has 0 saturated heterocycles. The van der Waals surface area contributed by atoms with Crippen LogP contribution in [-0.2, 0) is 19.2 Å². The molecule has 0 aliphatic carbocycles. The largest absolute Gasteiger partial charge is 0.396 e. The van der Waals surface area contributed by atoms with Crippen molar-refractivity contribution >= 4 is 71.0 Å². The average molecular weight is 1170 g/mol. The smallest absolute Gasteiger partial charge is 0.188 e. The highest BCUT2D eigenvalue weighted by atomic mass is 32.1. The van der Waals surface area contributed by atoms with Crippen molar-refractivity contribution in [1.82, 2.24) is 0 Å². The maximum absolute atomic E-state index is 10.9. The average Bonchev–Trinajstić information content (AvgIpc) is 3.41. The van der Waals surface area contributed by atoms with Crippen molar-refractivity contribution < 1.29 is 39.6 Å². The fourth-order valence-corrected chi connectivity index (χ4v) is 9.06. The first kappa shape index (κ1) is 85.7. The molecular formula is C65H132O8S4. The summed E-state index contributed by atoms with van der Waals surface area (Å²) in [5, 5.41) is 34.2. The molecule has 0 radical (unpaired) electrons. The van der Waals surface area contributed by atoms with Gasteiger partial charge in [-0.05, 0) is 25.7 Å². The SMILES string of the molecule is CCCCCCCCCCCCC(C)C(=O)S.CCCCCCCCCCCCC(C)C(=O)S.CCCCCCCCCCCCC(C)C(=O)S.CCCCCCCCCCCCC(C)C(=O)S.OCC(CO)(CO)CO. The second kappa shape index (κ2) is 70.2. The van der Waals surface area contributed by atoms with Crippen molar-refractivity contribution in [2.45, 2.75) is 338 Å². The third-order valence-corrected chi connectivity index (χ3v) is 16.8. The van der Waals surface area contributed by atoms with Crippen LogP contribution in [0, 0.1) is 29.1 Å². The third kappa shape index (κ3) is 72.0. The van der Waals surface area contributed by atoms with Gasteiger partial charge >= 0.3 is 0 Å². The van der Waals surface area contributed by atoms with Crippen LogP contribution in [0.3, 0.4) is 0 Å². The summed E-state index contributed by atoms with van der Waals surface area (Å²) in [5.41, 5.74) is -1.11. The maximum Gasteiger partial charge on any atom is 0.188 e. The van der Waals surface area contributed by atoms with Crippen LogP contribution in [0.5, 0.6) is 0 Å². The Bertz CT molecular complexity index is 1030. The normalized spacial score (nSPS) is 12.6. The van der Waals surface area contributed by atoms with Gasteiger partial charge in [0.25, 0.3) is 0 Å². The van der Waals surface area contributed by atoms with E-state index in [0.717, 1.165) is 25.7 Å². The standard InChI is InChI=1S/4C15H30OS.C5H12O4/c4*1-3-4-5-6-7-8-9-10-11-12-13-14(2)15(16)17;6-1-5(2-7,3-8)4-9/h4*14H,3-13H2,1-2H3,(H,16,17);6-9H,1-4H2. The first-order chi connectivity index (χ1) is 37.0. The quantitative estimate of drug-likeness (QED) is 0.0222. The van der Waals surface area contributed by atoms with Crippen LogP contribution in [0.4, 0.5) is 0 Å². The molecular weight excluding hydrogens is 1040 g/mol. The summed E-state index contributed by atoms with van der Waals surface area (Å²) in [7, 11) is 0. The van der Waals surface area contributed by atoms with Crippen molar-refractivity contribution in [3.63, 3.8) is 0 Å². The van der Waals surface area contributed by atoms with Gasteiger partial charge in [-0.2, -0.15) is 0 Å². The Morgan fingerprint density at radius 3 is 0.468 bits per heavy atom. The molecule has 0 bridgehead atoms. The highest BCUT2D eigenvalue weighted by Crippen LogP contribution is 2.19. The second-order valence-corrected chi connectivity index (χ2v) is 24.7. The molecule has 0 aliphatic heterocycles. The van der Waals surface area contributed by atoms with Gasteiger partial charge in [-0.25, -0.2) is 0 Å². The molecule has 4 unspecified atom stereocenters.